The topological polar surface area (TPSA) is 66.5 Å². The van der Waals surface area contributed by atoms with E-state index in [1.54, 1.807) is 24.3 Å². The molecule has 7 heteroatoms. The molecule has 0 aliphatic heterocycles. The van der Waals surface area contributed by atoms with Crippen molar-refractivity contribution in [2.24, 2.45) is 0 Å². The van der Waals surface area contributed by atoms with E-state index in [4.69, 9.17) is 11.6 Å². The van der Waals surface area contributed by atoms with Gasteiger partial charge in [0, 0.05) is 24.5 Å². The Labute approximate surface area is 166 Å². The first-order valence-corrected chi connectivity index (χ1v) is 11.1. The zero-order valence-corrected chi connectivity index (χ0v) is 17.0. The molecule has 0 bridgehead atoms. The maximum atomic E-state index is 12.0. The fourth-order valence-electron chi connectivity index (χ4n) is 2.76. The molecule has 0 atom stereocenters. The normalized spacial score (nSPS) is 11.2. The Bertz CT molecular complexity index is 841. The molecule has 0 saturated heterocycles. The number of amides is 1. The Morgan fingerprint density at radius 2 is 1.70 bits per heavy atom. The molecule has 2 aromatic rings. The highest BCUT2D eigenvalue weighted by Crippen LogP contribution is 2.18. The molecule has 0 spiro atoms. The van der Waals surface area contributed by atoms with Crippen LogP contribution in [0.1, 0.15) is 24.8 Å². The summed E-state index contributed by atoms with van der Waals surface area (Å²) in [6.07, 6.45) is 3.52. The van der Waals surface area contributed by atoms with E-state index in [1.807, 2.05) is 30.3 Å². The molecule has 0 radical (unpaired) electrons. The minimum absolute atomic E-state index is 0.0735. The van der Waals surface area contributed by atoms with E-state index < -0.39 is 10.0 Å². The predicted octanol–water partition coefficient (Wildman–Crippen LogP) is 3.64. The highest BCUT2D eigenvalue weighted by molar-refractivity contribution is 7.92. The Hall–Kier alpha value is -2.05. The molecule has 0 saturated carbocycles. The van der Waals surface area contributed by atoms with Gasteiger partial charge in [-0.3, -0.25) is 9.10 Å². The van der Waals surface area contributed by atoms with Crippen LogP contribution < -0.4 is 9.62 Å². The lowest BCUT2D eigenvalue weighted by Crippen LogP contribution is -2.32. The van der Waals surface area contributed by atoms with Gasteiger partial charge >= 0.3 is 0 Å². The van der Waals surface area contributed by atoms with Gasteiger partial charge in [0.15, 0.2) is 0 Å². The summed E-state index contributed by atoms with van der Waals surface area (Å²) >= 11 is 6.11. The summed E-state index contributed by atoms with van der Waals surface area (Å²) in [5.41, 5.74) is 1.68. The van der Waals surface area contributed by atoms with Crippen molar-refractivity contribution < 1.29 is 13.2 Å². The van der Waals surface area contributed by atoms with Gasteiger partial charge in [-0.05, 0) is 43.0 Å². The summed E-state index contributed by atoms with van der Waals surface area (Å²) in [6, 6.07) is 16.6. The van der Waals surface area contributed by atoms with Crippen molar-refractivity contribution in [2.75, 3.05) is 23.7 Å². The van der Waals surface area contributed by atoms with Gasteiger partial charge in [-0.25, -0.2) is 8.42 Å². The highest BCUT2D eigenvalue weighted by atomic mass is 35.5. The quantitative estimate of drug-likeness (QED) is 0.610. The molecular weight excluding hydrogens is 384 g/mol. The molecular formula is C20H25ClN2O3S. The lowest BCUT2D eigenvalue weighted by molar-refractivity contribution is -0.121. The number of nitrogens with one attached hydrogen (secondary N) is 1. The number of rotatable bonds is 10. The molecule has 1 amide bonds. The van der Waals surface area contributed by atoms with Gasteiger partial charge in [0.05, 0.1) is 11.9 Å². The largest absolute Gasteiger partial charge is 0.356 e. The average Bonchev–Trinajstić information content (AvgIpc) is 2.63. The van der Waals surface area contributed by atoms with Gasteiger partial charge in [-0.15, -0.1) is 0 Å². The van der Waals surface area contributed by atoms with Crippen LogP contribution in [0.2, 0.25) is 5.02 Å². The molecule has 1 N–H and O–H groups in total. The molecule has 0 heterocycles. The van der Waals surface area contributed by atoms with Crippen molar-refractivity contribution in [2.45, 2.75) is 25.7 Å². The number of sulfonamides is 1. The third-order valence-corrected chi connectivity index (χ3v) is 5.68. The van der Waals surface area contributed by atoms with Crippen molar-refractivity contribution >= 4 is 33.2 Å². The van der Waals surface area contributed by atoms with Crippen molar-refractivity contribution in [1.29, 1.82) is 0 Å². The van der Waals surface area contributed by atoms with Gasteiger partial charge in [0.1, 0.15) is 0 Å². The highest BCUT2D eigenvalue weighted by Gasteiger charge is 2.17. The van der Waals surface area contributed by atoms with Crippen LogP contribution in [0.25, 0.3) is 0 Å². The molecule has 0 aliphatic rings. The van der Waals surface area contributed by atoms with Gasteiger partial charge in [-0.2, -0.15) is 0 Å². The number of benzene rings is 2. The number of halogens is 1. The number of anilines is 1. The third kappa shape index (κ3) is 7.23. The average molecular weight is 409 g/mol. The zero-order chi connectivity index (χ0) is 19.7. The van der Waals surface area contributed by atoms with E-state index in [0.29, 0.717) is 18.7 Å². The van der Waals surface area contributed by atoms with Crippen LogP contribution in [0, 0.1) is 0 Å². The van der Waals surface area contributed by atoms with Crippen molar-refractivity contribution in [3.05, 3.63) is 65.2 Å². The molecule has 0 fully saturated rings. The first-order chi connectivity index (χ1) is 12.9. The van der Waals surface area contributed by atoms with Crippen LogP contribution in [-0.4, -0.2) is 33.7 Å². The first kappa shape index (κ1) is 21.3. The fraction of sp³-hybridized carbons (Fsp3) is 0.350. The van der Waals surface area contributed by atoms with E-state index in [2.05, 4.69) is 5.32 Å². The fourth-order valence-corrected chi connectivity index (χ4v) is 3.96. The van der Waals surface area contributed by atoms with Crippen LogP contribution >= 0.6 is 11.6 Å². The summed E-state index contributed by atoms with van der Waals surface area (Å²) in [4.78, 5) is 12.0. The summed E-state index contributed by atoms with van der Waals surface area (Å²) in [5, 5.41) is 3.62. The molecule has 0 aliphatic carbocycles. The number of hydrogen-bond donors (Lipinski definition) is 1. The number of carbonyl (C=O) groups is 1. The minimum atomic E-state index is -3.38. The number of hydrogen-bond acceptors (Lipinski definition) is 3. The van der Waals surface area contributed by atoms with Crippen LogP contribution in [0.4, 0.5) is 5.69 Å². The summed E-state index contributed by atoms with van der Waals surface area (Å²) in [7, 11) is -3.38. The van der Waals surface area contributed by atoms with Gasteiger partial charge in [0.25, 0.3) is 0 Å². The van der Waals surface area contributed by atoms with Crippen LogP contribution in [-0.2, 0) is 21.2 Å². The van der Waals surface area contributed by atoms with E-state index in [0.717, 1.165) is 23.4 Å². The molecule has 0 aromatic heterocycles. The maximum absolute atomic E-state index is 12.0. The van der Waals surface area contributed by atoms with E-state index >= 15 is 0 Å². The Kier molecular flexibility index (Phi) is 8.13. The SMILES string of the molecule is CS(=O)(=O)N(CCCC(=O)NCCCc1ccccc1Cl)c1ccccc1. The van der Waals surface area contributed by atoms with Crippen LogP contribution in [0.3, 0.4) is 0 Å². The van der Waals surface area contributed by atoms with Crippen LogP contribution in [0.5, 0.6) is 0 Å². The first-order valence-electron chi connectivity index (χ1n) is 8.91. The zero-order valence-electron chi connectivity index (χ0n) is 15.4. The molecule has 146 valence electrons. The second kappa shape index (κ2) is 10.3. The van der Waals surface area contributed by atoms with E-state index in [-0.39, 0.29) is 18.9 Å². The second-order valence-electron chi connectivity index (χ2n) is 6.32. The number of para-hydroxylation sites is 1. The van der Waals surface area contributed by atoms with Gasteiger partial charge in [0.2, 0.25) is 15.9 Å². The maximum Gasteiger partial charge on any atom is 0.232 e. The number of nitrogens with zero attached hydrogens (tertiary/aromatic N) is 1. The second-order valence-corrected chi connectivity index (χ2v) is 8.63. The number of aryl methyl sites for hydroxylation is 1. The summed E-state index contributed by atoms with van der Waals surface area (Å²) in [6.45, 7) is 0.842. The monoisotopic (exact) mass is 408 g/mol. The Balaban J connectivity index is 1.72. The molecule has 5 nitrogen and oxygen atoms in total. The smallest absolute Gasteiger partial charge is 0.232 e. The van der Waals surface area contributed by atoms with Gasteiger partial charge < -0.3 is 5.32 Å². The van der Waals surface area contributed by atoms with E-state index in [1.165, 1.54) is 10.6 Å². The van der Waals surface area contributed by atoms with Crippen molar-refractivity contribution in [3.63, 3.8) is 0 Å². The summed E-state index contributed by atoms with van der Waals surface area (Å²) < 4.78 is 25.3. The Morgan fingerprint density at radius 1 is 1.04 bits per heavy atom. The lowest BCUT2D eigenvalue weighted by Gasteiger charge is -2.22. The summed E-state index contributed by atoms with van der Waals surface area (Å²) in [5.74, 6) is -0.0735. The third-order valence-electron chi connectivity index (χ3n) is 4.11. The molecule has 0 unspecified atom stereocenters. The number of carbonyl (C=O) groups excluding carboxylic acids is 1. The Morgan fingerprint density at radius 3 is 2.37 bits per heavy atom. The minimum Gasteiger partial charge on any atom is -0.356 e. The molecule has 2 rings (SSSR count). The van der Waals surface area contributed by atoms with E-state index in [9.17, 15) is 13.2 Å². The lowest BCUT2D eigenvalue weighted by atomic mass is 10.1. The van der Waals surface area contributed by atoms with Gasteiger partial charge in [-0.1, -0.05) is 48.0 Å². The molecule has 2 aromatic carbocycles. The van der Waals surface area contributed by atoms with Crippen LogP contribution in [0.15, 0.2) is 54.6 Å². The molecule has 27 heavy (non-hydrogen) atoms. The standard InChI is InChI=1S/C20H25ClN2O3S/c1-27(25,26)23(18-11-3-2-4-12-18)16-8-14-20(24)22-15-7-10-17-9-5-6-13-19(17)21/h2-6,9,11-13H,7-8,10,14-16H2,1H3,(H,22,24). The van der Waals surface area contributed by atoms with Crippen molar-refractivity contribution in [1.82, 2.24) is 5.32 Å². The van der Waals surface area contributed by atoms with Crippen molar-refractivity contribution in [3.8, 4) is 0 Å². The predicted molar refractivity (Wildman–Crippen MR) is 111 cm³/mol.